The number of anilines is 2. The number of esters is 1. The average molecular weight is 487 g/mol. The summed E-state index contributed by atoms with van der Waals surface area (Å²) >= 11 is 0. The molecule has 0 fully saturated rings. The van der Waals surface area contributed by atoms with Gasteiger partial charge in [-0.2, -0.15) is 13.2 Å². The van der Waals surface area contributed by atoms with Crippen molar-refractivity contribution in [2.45, 2.75) is 26.0 Å². The Hall–Kier alpha value is -3.54. The summed E-state index contributed by atoms with van der Waals surface area (Å²) in [6.45, 7) is 0.233. The van der Waals surface area contributed by atoms with E-state index in [1.165, 1.54) is 12.3 Å². The highest BCUT2D eigenvalue weighted by Crippen LogP contribution is 2.34. The summed E-state index contributed by atoms with van der Waals surface area (Å²) in [4.78, 5) is 16.6. The molecule has 0 bridgehead atoms. The van der Waals surface area contributed by atoms with Crippen LogP contribution in [0.2, 0.25) is 0 Å². The molecule has 0 unspecified atom stereocenters. The van der Waals surface area contributed by atoms with E-state index in [-0.39, 0.29) is 35.3 Å². The van der Waals surface area contributed by atoms with Gasteiger partial charge in [0.05, 0.1) is 24.4 Å². The van der Waals surface area contributed by atoms with E-state index in [9.17, 15) is 31.1 Å². The third-order valence-electron chi connectivity index (χ3n) is 4.49. The topological polar surface area (TPSA) is 72.5 Å². The number of ether oxygens (including phenoxy) is 2. The Morgan fingerprint density at radius 2 is 1.79 bits per heavy atom. The second-order valence-electron chi connectivity index (χ2n) is 6.99. The van der Waals surface area contributed by atoms with Crippen LogP contribution in [0.1, 0.15) is 22.8 Å². The Balaban J connectivity index is 2.06. The van der Waals surface area contributed by atoms with Crippen LogP contribution >= 0.6 is 0 Å². The number of hydrogen-bond acceptors (Lipinski definition) is 6. The van der Waals surface area contributed by atoms with E-state index in [0.717, 1.165) is 12.1 Å². The number of nitrogens with zero attached hydrogens (tertiary/aromatic N) is 1. The molecule has 2 aromatic carbocycles. The van der Waals surface area contributed by atoms with Crippen molar-refractivity contribution in [2.75, 3.05) is 18.5 Å². The van der Waals surface area contributed by atoms with Crippen molar-refractivity contribution in [1.29, 1.82) is 0 Å². The summed E-state index contributed by atoms with van der Waals surface area (Å²) in [5.74, 6) is -1.32. The van der Waals surface area contributed by atoms with Crippen LogP contribution in [0.3, 0.4) is 0 Å². The maximum absolute atomic E-state index is 12.7. The van der Waals surface area contributed by atoms with Gasteiger partial charge in [0.2, 0.25) is 0 Å². The minimum atomic E-state index is -4.94. The number of nitrogens with one attached hydrogen (secondary N) is 2. The summed E-state index contributed by atoms with van der Waals surface area (Å²) < 4.78 is 84.8. The van der Waals surface area contributed by atoms with Gasteiger partial charge in [-0.1, -0.05) is 18.2 Å². The molecule has 3 aromatic rings. The number of para-hydroxylation sites is 1. The third-order valence-corrected chi connectivity index (χ3v) is 4.49. The van der Waals surface area contributed by atoms with Gasteiger partial charge >= 0.3 is 18.5 Å². The van der Waals surface area contributed by atoms with E-state index in [1.54, 1.807) is 31.2 Å². The second kappa shape index (κ2) is 10.2. The van der Waals surface area contributed by atoms with Gasteiger partial charge in [-0.15, -0.1) is 13.2 Å². The van der Waals surface area contributed by atoms with Crippen molar-refractivity contribution in [1.82, 2.24) is 10.3 Å². The Labute approximate surface area is 189 Å². The van der Waals surface area contributed by atoms with E-state index in [2.05, 4.69) is 20.4 Å². The van der Waals surface area contributed by atoms with E-state index < -0.39 is 30.8 Å². The number of pyridine rings is 1. The Kier molecular flexibility index (Phi) is 7.50. The van der Waals surface area contributed by atoms with Gasteiger partial charge in [0.1, 0.15) is 11.3 Å². The monoisotopic (exact) mass is 487 g/mol. The molecule has 182 valence electrons. The van der Waals surface area contributed by atoms with E-state index in [1.807, 2.05) is 0 Å². The number of hydrogen-bond donors (Lipinski definition) is 2. The highest BCUT2D eigenvalue weighted by Gasteiger charge is 2.31. The fourth-order valence-corrected chi connectivity index (χ4v) is 3.14. The molecule has 3 rings (SSSR count). The number of aromatic nitrogens is 1. The van der Waals surface area contributed by atoms with Gasteiger partial charge in [0.15, 0.2) is 0 Å². The first-order chi connectivity index (χ1) is 16.0. The minimum Gasteiger partial charge on any atom is -0.462 e. The zero-order valence-corrected chi connectivity index (χ0v) is 17.7. The Bertz CT molecular complexity index is 1160. The predicted molar refractivity (Wildman–Crippen MR) is 112 cm³/mol. The van der Waals surface area contributed by atoms with E-state index in [4.69, 9.17) is 4.74 Å². The highest BCUT2D eigenvalue weighted by molar-refractivity contribution is 6.06. The lowest BCUT2D eigenvalue weighted by Crippen LogP contribution is -2.28. The van der Waals surface area contributed by atoms with Crippen LogP contribution in [0.4, 0.5) is 37.7 Å². The SMILES string of the molecule is CCOC(=O)c1cnc2ccc(OC(F)(F)F)cc2c1Nc1ccccc1CNCC(F)(F)F. The molecule has 0 atom stereocenters. The van der Waals surface area contributed by atoms with Gasteiger partial charge in [0.25, 0.3) is 0 Å². The molecule has 12 heteroatoms. The predicted octanol–water partition coefficient (Wildman–Crippen LogP) is 5.71. The molecular weight excluding hydrogens is 468 g/mol. The molecule has 0 saturated carbocycles. The molecule has 0 saturated heterocycles. The van der Waals surface area contributed by atoms with Crippen molar-refractivity contribution in [2.24, 2.45) is 0 Å². The molecule has 1 aromatic heterocycles. The van der Waals surface area contributed by atoms with Crippen molar-refractivity contribution in [3.8, 4) is 5.75 Å². The van der Waals surface area contributed by atoms with Crippen LogP contribution in [0, 0.1) is 0 Å². The number of rotatable bonds is 8. The zero-order valence-electron chi connectivity index (χ0n) is 17.7. The average Bonchev–Trinajstić information content (AvgIpc) is 2.73. The number of benzene rings is 2. The number of alkyl halides is 6. The molecule has 0 spiro atoms. The Morgan fingerprint density at radius 1 is 1.06 bits per heavy atom. The summed E-state index contributed by atoms with van der Waals surface area (Å²) in [6.07, 6.45) is -8.14. The zero-order chi connectivity index (χ0) is 24.9. The van der Waals surface area contributed by atoms with Crippen LogP contribution < -0.4 is 15.4 Å². The first kappa shape index (κ1) is 25.1. The normalized spacial score (nSPS) is 12.0. The Morgan fingerprint density at radius 3 is 2.47 bits per heavy atom. The first-order valence-electron chi connectivity index (χ1n) is 9.95. The van der Waals surface area contributed by atoms with Crippen LogP contribution in [0.25, 0.3) is 10.9 Å². The molecule has 0 radical (unpaired) electrons. The molecule has 0 amide bonds. The van der Waals surface area contributed by atoms with Gasteiger partial charge in [-0.05, 0) is 36.8 Å². The first-order valence-corrected chi connectivity index (χ1v) is 9.95. The molecule has 1 heterocycles. The van der Waals surface area contributed by atoms with Crippen LogP contribution in [-0.2, 0) is 11.3 Å². The van der Waals surface area contributed by atoms with Gasteiger partial charge < -0.3 is 20.1 Å². The number of halogens is 6. The molecule has 0 aliphatic heterocycles. The lowest BCUT2D eigenvalue weighted by molar-refractivity contribution is -0.274. The summed E-state index contributed by atoms with van der Waals surface area (Å²) in [7, 11) is 0. The van der Waals surface area contributed by atoms with Crippen molar-refractivity contribution < 1.29 is 40.6 Å². The maximum Gasteiger partial charge on any atom is 0.573 e. The van der Waals surface area contributed by atoms with Crippen LogP contribution in [0.15, 0.2) is 48.7 Å². The molecule has 6 nitrogen and oxygen atoms in total. The van der Waals surface area contributed by atoms with Crippen LogP contribution in [-0.4, -0.2) is 36.6 Å². The smallest absolute Gasteiger partial charge is 0.462 e. The molecule has 2 N–H and O–H groups in total. The lowest BCUT2D eigenvalue weighted by atomic mass is 10.1. The third kappa shape index (κ3) is 6.73. The molecule has 0 aliphatic rings. The van der Waals surface area contributed by atoms with Gasteiger partial charge in [0, 0.05) is 23.8 Å². The van der Waals surface area contributed by atoms with Crippen molar-refractivity contribution in [3.05, 3.63) is 59.8 Å². The number of carbonyl (C=O) groups is 1. The maximum atomic E-state index is 12.7. The highest BCUT2D eigenvalue weighted by atomic mass is 19.4. The number of carbonyl (C=O) groups excluding carboxylic acids is 1. The largest absolute Gasteiger partial charge is 0.573 e. The fraction of sp³-hybridized carbons (Fsp3) is 0.273. The molecule has 34 heavy (non-hydrogen) atoms. The van der Waals surface area contributed by atoms with Crippen LogP contribution in [0.5, 0.6) is 5.75 Å². The quantitative estimate of drug-likeness (QED) is 0.314. The fourth-order valence-electron chi connectivity index (χ4n) is 3.14. The lowest BCUT2D eigenvalue weighted by Gasteiger charge is -2.18. The van der Waals surface area contributed by atoms with Gasteiger partial charge in [-0.25, -0.2) is 4.79 Å². The molecule has 0 aliphatic carbocycles. The summed E-state index contributed by atoms with van der Waals surface area (Å²) in [5.41, 5.74) is 1.00. The summed E-state index contributed by atoms with van der Waals surface area (Å²) in [6, 6.07) is 9.77. The molecular formula is C22H19F6N3O3. The number of fused-ring (bicyclic) bond motifs is 1. The summed E-state index contributed by atoms with van der Waals surface area (Å²) in [5, 5.41) is 5.36. The van der Waals surface area contributed by atoms with Gasteiger partial charge in [-0.3, -0.25) is 4.98 Å². The van der Waals surface area contributed by atoms with Crippen molar-refractivity contribution >= 4 is 28.2 Å². The van der Waals surface area contributed by atoms with Crippen molar-refractivity contribution in [3.63, 3.8) is 0 Å². The standard InChI is InChI=1S/C22H19F6N3O3/c1-2-33-20(32)16-11-30-18-8-7-14(34-22(26,27)28)9-15(18)19(16)31-17-6-4-3-5-13(17)10-29-12-21(23,24)25/h3-9,11,29H,2,10,12H2,1H3,(H,30,31). The minimum absolute atomic E-state index is 0.0332. The van der Waals surface area contributed by atoms with E-state index >= 15 is 0 Å². The van der Waals surface area contributed by atoms with E-state index in [0.29, 0.717) is 11.3 Å². The second-order valence-corrected chi connectivity index (χ2v) is 6.99.